The molecular weight excluding hydrogens is 341 g/mol. The van der Waals surface area contributed by atoms with E-state index >= 15 is 0 Å². The van der Waals surface area contributed by atoms with E-state index in [0.717, 1.165) is 0 Å². The predicted molar refractivity (Wildman–Crippen MR) is 80.8 cm³/mol. The second-order valence-electron chi connectivity index (χ2n) is 5.50. The van der Waals surface area contributed by atoms with Gasteiger partial charge >= 0.3 is 17.8 Å². The predicted octanol–water partition coefficient (Wildman–Crippen LogP) is 0.153. The second-order valence-corrected chi connectivity index (χ2v) is 5.50. The SMILES string of the molecule is CCOC(=O)[C@](NC(=O)c1ccccc1)([NH+]1CCOCC1)C(F)(F)F. The zero-order valence-electron chi connectivity index (χ0n) is 13.7. The summed E-state index contributed by atoms with van der Waals surface area (Å²) >= 11 is 0. The summed E-state index contributed by atoms with van der Waals surface area (Å²) in [5.74, 6) is -2.52. The number of carbonyl (C=O) groups is 2. The molecule has 1 aliphatic heterocycles. The molecule has 1 heterocycles. The van der Waals surface area contributed by atoms with Crippen molar-refractivity contribution in [3.8, 4) is 0 Å². The molecule has 138 valence electrons. The van der Waals surface area contributed by atoms with Crippen molar-refractivity contribution < 1.29 is 37.1 Å². The Hall–Kier alpha value is -2.13. The van der Waals surface area contributed by atoms with E-state index in [1.54, 1.807) is 6.07 Å². The molecule has 1 atom stereocenters. The highest BCUT2D eigenvalue weighted by Crippen LogP contribution is 2.28. The molecule has 9 heteroatoms. The number of carbonyl (C=O) groups excluding carboxylic acids is 2. The maximum absolute atomic E-state index is 14.0. The van der Waals surface area contributed by atoms with E-state index in [-0.39, 0.29) is 43.4 Å². The molecule has 0 saturated carbocycles. The minimum atomic E-state index is -5.05. The number of hydrogen-bond acceptors (Lipinski definition) is 4. The van der Waals surface area contributed by atoms with Gasteiger partial charge in [-0.3, -0.25) is 15.0 Å². The van der Waals surface area contributed by atoms with Gasteiger partial charge in [-0.1, -0.05) is 18.2 Å². The van der Waals surface area contributed by atoms with Gasteiger partial charge in [-0.25, -0.2) is 4.79 Å². The molecule has 1 saturated heterocycles. The number of esters is 1. The summed E-state index contributed by atoms with van der Waals surface area (Å²) in [5, 5.41) is 1.91. The Morgan fingerprint density at radius 2 is 1.80 bits per heavy atom. The Kier molecular flexibility index (Phi) is 6.02. The van der Waals surface area contributed by atoms with Crippen LogP contribution >= 0.6 is 0 Å². The van der Waals surface area contributed by atoms with Gasteiger partial charge in [0.25, 0.3) is 5.91 Å². The van der Waals surface area contributed by atoms with Crippen LogP contribution in [-0.2, 0) is 14.3 Å². The van der Waals surface area contributed by atoms with Gasteiger partial charge in [0.05, 0.1) is 19.8 Å². The van der Waals surface area contributed by atoms with E-state index in [1.165, 1.54) is 31.2 Å². The lowest BCUT2D eigenvalue weighted by molar-refractivity contribution is -0.965. The monoisotopic (exact) mass is 361 g/mol. The van der Waals surface area contributed by atoms with Gasteiger partial charge in [0.2, 0.25) is 0 Å². The average Bonchev–Trinajstić information content (AvgIpc) is 2.60. The van der Waals surface area contributed by atoms with Gasteiger partial charge in [0.1, 0.15) is 13.1 Å². The Morgan fingerprint density at radius 1 is 1.20 bits per heavy atom. The van der Waals surface area contributed by atoms with Crippen LogP contribution < -0.4 is 10.2 Å². The van der Waals surface area contributed by atoms with Crippen LogP contribution in [0.3, 0.4) is 0 Å². The maximum Gasteiger partial charge on any atom is 0.478 e. The van der Waals surface area contributed by atoms with Crippen molar-refractivity contribution >= 4 is 11.9 Å². The van der Waals surface area contributed by atoms with Crippen LogP contribution in [0.15, 0.2) is 30.3 Å². The lowest BCUT2D eigenvalue weighted by Crippen LogP contribution is -3.27. The molecule has 1 amide bonds. The van der Waals surface area contributed by atoms with E-state index in [4.69, 9.17) is 4.74 Å². The molecule has 0 bridgehead atoms. The summed E-state index contributed by atoms with van der Waals surface area (Å²) in [5.41, 5.74) is -3.16. The summed E-state index contributed by atoms with van der Waals surface area (Å²) in [7, 11) is 0. The fourth-order valence-electron chi connectivity index (χ4n) is 2.73. The lowest BCUT2D eigenvalue weighted by Gasteiger charge is -2.40. The highest BCUT2D eigenvalue weighted by molar-refractivity contribution is 5.97. The molecule has 0 aliphatic carbocycles. The quantitative estimate of drug-likeness (QED) is 0.733. The van der Waals surface area contributed by atoms with E-state index in [0.29, 0.717) is 0 Å². The second kappa shape index (κ2) is 7.83. The third-order valence-corrected chi connectivity index (χ3v) is 3.97. The van der Waals surface area contributed by atoms with E-state index in [9.17, 15) is 22.8 Å². The van der Waals surface area contributed by atoms with Crippen LogP contribution in [-0.4, -0.2) is 56.6 Å². The summed E-state index contributed by atoms with van der Waals surface area (Å²) in [6, 6.07) is 7.42. The Labute approximate surface area is 142 Å². The minimum Gasteiger partial charge on any atom is -0.460 e. The van der Waals surface area contributed by atoms with Gasteiger partial charge in [-0.05, 0) is 19.1 Å². The number of hydrogen-bond donors (Lipinski definition) is 2. The van der Waals surface area contributed by atoms with E-state index in [1.807, 2.05) is 5.32 Å². The number of rotatable bonds is 5. The first-order chi connectivity index (χ1) is 11.8. The molecule has 0 unspecified atom stereocenters. The Balaban J connectivity index is 2.44. The number of morpholine rings is 1. The van der Waals surface area contributed by atoms with Crippen LogP contribution in [0.4, 0.5) is 13.2 Å². The van der Waals surface area contributed by atoms with Crippen molar-refractivity contribution in [2.75, 3.05) is 32.9 Å². The van der Waals surface area contributed by atoms with Crippen LogP contribution in [0.5, 0.6) is 0 Å². The largest absolute Gasteiger partial charge is 0.478 e. The van der Waals surface area contributed by atoms with Crippen LogP contribution in [0.1, 0.15) is 17.3 Å². The first-order valence-corrected chi connectivity index (χ1v) is 7.87. The fraction of sp³-hybridized carbons (Fsp3) is 0.500. The third kappa shape index (κ3) is 3.93. The van der Waals surface area contributed by atoms with Crippen LogP contribution in [0.25, 0.3) is 0 Å². The number of quaternary nitrogens is 1. The molecule has 6 nitrogen and oxygen atoms in total. The Bertz CT molecular complexity index is 603. The highest BCUT2D eigenvalue weighted by atomic mass is 19.4. The standard InChI is InChI=1S/C16H19F3N2O4/c1-2-25-14(23)15(16(17,18)19,21-8-10-24-11-9-21)20-13(22)12-6-4-3-5-7-12/h3-7H,2,8-11H2,1H3,(H,20,22)/p+1/t15-/m0/s1. The summed E-state index contributed by atoms with van der Waals surface area (Å²) < 4.78 is 51.9. The molecule has 2 rings (SSSR count). The number of ether oxygens (including phenoxy) is 2. The molecule has 0 aromatic heterocycles. The molecule has 1 aromatic carbocycles. The van der Waals surface area contributed by atoms with Crippen molar-refractivity contribution in [1.29, 1.82) is 0 Å². The fourth-order valence-corrected chi connectivity index (χ4v) is 2.73. The lowest BCUT2D eigenvalue weighted by atomic mass is 10.1. The van der Waals surface area contributed by atoms with Gasteiger partial charge in [-0.2, -0.15) is 13.2 Å². The van der Waals surface area contributed by atoms with Crippen molar-refractivity contribution in [2.45, 2.75) is 18.8 Å². The van der Waals surface area contributed by atoms with Gasteiger partial charge in [0, 0.05) is 5.56 Å². The maximum atomic E-state index is 14.0. The van der Waals surface area contributed by atoms with Crippen LogP contribution in [0.2, 0.25) is 0 Å². The molecule has 0 spiro atoms. The van der Waals surface area contributed by atoms with E-state index < -0.39 is 23.7 Å². The minimum absolute atomic E-state index is 0.0214. The van der Waals surface area contributed by atoms with Crippen molar-refractivity contribution in [2.24, 2.45) is 0 Å². The zero-order valence-corrected chi connectivity index (χ0v) is 13.7. The van der Waals surface area contributed by atoms with Crippen molar-refractivity contribution in [3.05, 3.63) is 35.9 Å². The smallest absolute Gasteiger partial charge is 0.460 e. The summed E-state index contributed by atoms with van der Waals surface area (Å²) in [4.78, 5) is 24.6. The molecule has 2 N–H and O–H groups in total. The van der Waals surface area contributed by atoms with Gasteiger partial charge in [-0.15, -0.1) is 0 Å². The third-order valence-electron chi connectivity index (χ3n) is 3.97. The molecule has 0 radical (unpaired) electrons. The first-order valence-electron chi connectivity index (χ1n) is 7.87. The number of amides is 1. The van der Waals surface area contributed by atoms with E-state index in [2.05, 4.69) is 4.74 Å². The van der Waals surface area contributed by atoms with Crippen molar-refractivity contribution in [1.82, 2.24) is 5.32 Å². The molecule has 1 aliphatic rings. The first kappa shape index (κ1) is 19.2. The van der Waals surface area contributed by atoms with Crippen LogP contribution in [0, 0.1) is 0 Å². The molecule has 1 fully saturated rings. The average molecular weight is 361 g/mol. The number of nitrogens with one attached hydrogen (secondary N) is 2. The van der Waals surface area contributed by atoms with Crippen molar-refractivity contribution in [3.63, 3.8) is 0 Å². The molecule has 25 heavy (non-hydrogen) atoms. The topological polar surface area (TPSA) is 69.1 Å². The highest BCUT2D eigenvalue weighted by Gasteiger charge is 2.71. The zero-order chi connectivity index (χ0) is 18.5. The molecule has 1 aromatic rings. The summed E-state index contributed by atoms with van der Waals surface area (Å²) in [6.45, 7) is 1.09. The van der Waals surface area contributed by atoms with Gasteiger partial charge in [0.15, 0.2) is 0 Å². The number of halogens is 3. The number of benzene rings is 1. The number of alkyl halides is 3. The molecular formula is C16H20F3N2O4+. The normalized spacial score (nSPS) is 18.2. The van der Waals surface area contributed by atoms with Gasteiger partial charge < -0.3 is 9.47 Å². The summed E-state index contributed by atoms with van der Waals surface area (Å²) in [6.07, 6.45) is -5.05. The Morgan fingerprint density at radius 3 is 2.32 bits per heavy atom.